The van der Waals surface area contributed by atoms with E-state index in [0.717, 1.165) is 55.6 Å². The van der Waals surface area contributed by atoms with E-state index in [2.05, 4.69) is 66.7 Å². The summed E-state index contributed by atoms with van der Waals surface area (Å²) in [7, 11) is 0. The number of benzene rings is 1. The van der Waals surface area contributed by atoms with Crippen LogP contribution in [0.2, 0.25) is 0 Å². The topological polar surface area (TPSA) is 66.0 Å². The molecule has 1 aliphatic heterocycles. The minimum Gasteiger partial charge on any atom is -0.376 e. The van der Waals surface area contributed by atoms with Crippen LogP contribution in [0.3, 0.4) is 0 Å². The summed E-state index contributed by atoms with van der Waals surface area (Å²) < 4.78 is 8.06. The third-order valence-corrected chi connectivity index (χ3v) is 6.31. The first-order chi connectivity index (χ1) is 13.4. The number of hydrogen-bond donors (Lipinski definition) is 1. The zero-order valence-corrected chi connectivity index (χ0v) is 18.5. The van der Waals surface area contributed by atoms with Gasteiger partial charge in [0, 0.05) is 12.4 Å². The van der Waals surface area contributed by atoms with Gasteiger partial charge in [-0.15, -0.1) is 10.2 Å². The molecule has 28 heavy (non-hydrogen) atoms. The van der Waals surface area contributed by atoms with Crippen LogP contribution in [0.25, 0.3) is 0 Å². The molecular formula is C22H34N4OS. The molecular weight excluding hydrogens is 368 g/mol. The van der Waals surface area contributed by atoms with Crippen LogP contribution >= 0.6 is 11.8 Å². The molecule has 1 saturated heterocycles. The summed E-state index contributed by atoms with van der Waals surface area (Å²) in [6.07, 6.45) is 4.43. The number of rotatable bonds is 8. The molecule has 0 aliphatic carbocycles. The molecule has 2 N–H and O–H groups in total. The highest BCUT2D eigenvalue weighted by atomic mass is 32.2. The van der Waals surface area contributed by atoms with Gasteiger partial charge in [0.1, 0.15) is 0 Å². The maximum Gasteiger partial charge on any atom is 0.191 e. The molecule has 6 heteroatoms. The van der Waals surface area contributed by atoms with Crippen LogP contribution in [0.5, 0.6) is 0 Å². The molecule has 1 fully saturated rings. The van der Waals surface area contributed by atoms with Crippen molar-refractivity contribution in [1.82, 2.24) is 14.8 Å². The normalized spacial score (nSPS) is 18.5. The Morgan fingerprint density at radius 2 is 2.00 bits per heavy atom. The maximum absolute atomic E-state index is 6.39. The Morgan fingerprint density at radius 1 is 1.25 bits per heavy atom. The van der Waals surface area contributed by atoms with E-state index < -0.39 is 0 Å². The molecule has 154 valence electrons. The standard InChI is InChI=1S/C22H34N4OS/c1-5-7-19(23)20-24-25-21(26(20)14-18-8-6-13-27-18)28-15-16-9-11-17(12-10-16)22(2,3)4/h9-12,18-19H,5-8,13-15,23H2,1-4H3. The summed E-state index contributed by atoms with van der Waals surface area (Å²) in [6.45, 7) is 10.5. The summed E-state index contributed by atoms with van der Waals surface area (Å²) in [5.41, 5.74) is 9.22. The lowest BCUT2D eigenvalue weighted by atomic mass is 9.87. The lowest BCUT2D eigenvalue weighted by molar-refractivity contribution is 0.0938. The van der Waals surface area contributed by atoms with Crippen molar-refractivity contribution >= 4 is 11.8 Å². The smallest absolute Gasteiger partial charge is 0.191 e. The van der Waals surface area contributed by atoms with Crippen molar-refractivity contribution in [2.24, 2.45) is 5.73 Å². The van der Waals surface area contributed by atoms with Gasteiger partial charge < -0.3 is 15.0 Å². The van der Waals surface area contributed by atoms with Gasteiger partial charge in [-0.05, 0) is 35.8 Å². The van der Waals surface area contributed by atoms with Gasteiger partial charge in [-0.2, -0.15) is 0 Å². The highest BCUT2D eigenvalue weighted by Crippen LogP contribution is 2.28. The molecule has 0 amide bonds. The van der Waals surface area contributed by atoms with Crippen molar-refractivity contribution in [3.05, 3.63) is 41.2 Å². The Bertz CT molecular complexity index is 745. The molecule has 1 aromatic carbocycles. The summed E-state index contributed by atoms with van der Waals surface area (Å²) in [6, 6.07) is 8.83. The van der Waals surface area contributed by atoms with E-state index >= 15 is 0 Å². The molecule has 2 heterocycles. The second-order valence-electron chi connectivity index (χ2n) is 8.72. The van der Waals surface area contributed by atoms with Crippen LogP contribution in [0.1, 0.15) is 76.4 Å². The van der Waals surface area contributed by atoms with Gasteiger partial charge in [0.15, 0.2) is 11.0 Å². The molecule has 2 atom stereocenters. The molecule has 5 nitrogen and oxygen atoms in total. The van der Waals surface area contributed by atoms with Crippen LogP contribution < -0.4 is 5.73 Å². The van der Waals surface area contributed by atoms with Gasteiger partial charge >= 0.3 is 0 Å². The number of aromatic nitrogens is 3. The van der Waals surface area contributed by atoms with Crippen LogP contribution in [0.15, 0.2) is 29.4 Å². The summed E-state index contributed by atoms with van der Waals surface area (Å²) in [5.74, 6) is 1.76. The first-order valence-corrected chi connectivity index (χ1v) is 11.4. The number of thioether (sulfide) groups is 1. The maximum atomic E-state index is 6.39. The minimum atomic E-state index is -0.0701. The lowest BCUT2D eigenvalue weighted by Crippen LogP contribution is -2.22. The minimum absolute atomic E-state index is 0.0701. The number of nitrogens with zero attached hydrogens (tertiary/aromatic N) is 3. The Kier molecular flexibility index (Phi) is 7.18. The Labute approximate surface area is 173 Å². The molecule has 3 rings (SSSR count). The van der Waals surface area contributed by atoms with E-state index in [4.69, 9.17) is 10.5 Å². The monoisotopic (exact) mass is 402 g/mol. The molecule has 2 aromatic rings. The van der Waals surface area contributed by atoms with Crippen molar-refractivity contribution in [3.8, 4) is 0 Å². The molecule has 0 saturated carbocycles. The molecule has 0 bridgehead atoms. The van der Waals surface area contributed by atoms with Gasteiger partial charge in [0.2, 0.25) is 0 Å². The number of nitrogens with two attached hydrogens (primary N) is 1. The fourth-order valence-electron chi connectivity index (χ4n) is 3.53. The predicted octanol–water partition coefficient (Wildman–Crippen LogP) is 4.85. The lowest BCUT2D eigenvalue weighted by Gasteiger charge is -2.19. The number of hydrogen-bond acceptors (Lipinski definition) is 5. The van der Waals surface area contributed by atoms with E-state index in [9.17, 15) is 0 Å². The van der Waals surface area contributed by atoms with Gasteiger partial charge in [0.05, 0.1) is 18.7 Å². The predicted molar refractivity (Wildman–Crippen MR) is 116 cm³/mol. The average molecular weight is 403 g/mol. The van der Waals surface area contributed by atoms with Crippen LogP contribution in [0, 0.1) is 0 Å². The first-order valence-electron chi connectivity index (χ1n) is 10.4. The zero-order valence-electron chi connectivity index (χ0n) is 17.6. The third kappa shape index (κ3) is 5.37. The van der Waals surface area contributed by atoms with E-state index in [-0.39, 0.29) is 17.6 Å². The molecule has 1 aromatic heterocycles. The van der Waals surface area contributed by atoms with Crippen LogP contribution in [-0.2, 0) is 22.4 Å². The average Bonchev–Trinajstić information content (AvgIpc) is 3.30. The van der Waals surface area contributed by atoms with Crippen molar-refractivity contribution < 1.29 is 4.74 Å². The fraction of sp³-hybridized carbons (Fsp3) is 0.636. The Balaban J connectivity index is 1.73. The first kappa shape index (κ1) is 21.3. The van der Waals surface area contributed by atoms with Crippen molar-refractivity contribution in [2.45, 2.75) is 88.4 Å². The summed E-state index contributed by atoms with van der Waals surface area (Å²) in [5, 5.41) is 9.86. The van der Waals surface area contributed by atoms with E-state index in [1.54, 1.807) is 11.8 Å². The van der Waals surface area contributed by atoms with E-state index in [0.29, 0.717) is 0 Å². The van der Waals surface area contributed by atoms with Crippen LogP contribution in [-0.4, -0.2) is 27.5 Å². The van der Waals surface area contributed by atoms with Gasteiger partial charge in [-0.3, -0.25) is 0 Å². The van der Waals surface area contributed by atoms with Gasteiger partial charge in [0.25, 0.3) is 0 Å². The number of ether oxygens (including phenoxy) is 1. The molecule has 1 aliphatic rings. The van der Waals surface area contributed by atoms with Gasteiger partial charge in [-0.25, -0.2) is 0 Å². The van der Waals surface area contributed by atoms with E-state index in [1.807, 2.05) is 0 Å². The second-order valence-corrected chi connectivity index (χ2v) is 9.66. The van der Waals surface area contributed by atoms with Crippen molar-refractivity contribution in [2.75, 3.05) is 6.61 Å². The molecule has 2 unspecified atom stereocenters. The quantitative estimate of drug-likeness (QED) is 0.640. The molecule has 0 spiro atoms. The fourth-order valence-corrected chi connectivity index (χ4v) is 4.44. The van der Waals surface area contributed by atoms with E-state index in [1.165, 1.54) is 11.1 Å². The zero-order chi connectivity index (χ0) is 20.1. The van der Waals surface area contributed by atoms with Crippen molar-refractivity contribution in [3.63, 3.8) is 0 Å². The second kappa shape index (κ2) is 9.42. The summed E-state index contributed by atoms with van der Waals surface area (Å²) in [4.78, 5) is 0. The van der Waals surface area contributed by atoms with Crippen molar-refractivity contribution in [1.29, 1.82) is 0 Å². The van der Waals surface area contributed by atoms with Crippen LogP contribution in [0.4, 0.5) is 0 Å². The SMILES string of the molecule is CCCC(N)c1nnc(SCc2ccc(C(C)(C)C)cc2)n1CC1CCCO1. The Hall–Kier alpha value is -1.37. The summed E-state index contributed by atoms with van der Waals surface area (Å²) >= 11 is 1.73. The third-order valence-electron chi connectivity index (χ3n) is 5.27. The molecule has 0 radical (unpaired) electrons. The highest BCUT2D eigenvalue weighted by molar-refractivity contribution is 7.98. The highest BCUT2D eigenvalue weighted by Gasteiger charge is 2.23. The van der Waals surface area contributed by atoms with Gasteiger partial charge in [-0.1, -0.05) is 70.1 Å². The Morgan fingerprint density at radius 3 is 2.61 bits per heavy atom. The largest absolute Gasteiger partial charge is 0.376 e.